The standard InChI is InChI=1S/C28H35N5O4.ClH/c1-27(2,29)25(35)31-22(18-37-17-20-12-8-5-9-13-20)24(34)21-15-28(14-19-10-6-4-7-11-19)23(16-30-21)32-33(3)26(28)36;/h4-13,21-22,30H,14-18,29H2,1-3H3,(H,31,35);1H/t21?,22-,28-;/m1./s1. The number of carbonyl (C=O) groups excluding carboxylic acids is 3. The third-order valence-corrected chi connectivity index (χ3v) is 6.92. The summed E-state index contributed by atoms with van der Waals surface area (Å²) in [5.41, 5.74) is 6.57. The third-order valence-electron chi connectivity index (χ3n) is 6.92. The van der Waals surface area contributed by atoms with E-state index in [2.05, 4.69) is 15.7 Å². The van der Waals surface area contributed by atoms with Crippen LogP contribution in [0.15, 0.2) is 65.8 Å². The Bertz CT molecular complexity index is 1170. The van der Waals surface area contributed by atoms with Gasteiger partial charge in [-0.15, -0.1) is 12.4 Å². The molecule has 2 aliphatic rings. The molecule has 2 aliphatic heterocycles. The van der Waals surface area contributed by atoms with E-state index in [0.29, 0.717) is 19.6 Å². The lowest BCUT2D eigenvalue weighted by atomic mass is 9.69. The van der Waals surface area contributed by atoms with Gasteiger partial charge in [-0.3, -0.25) is 14.4 Å². The molecule has 1 fully saturated rings. The average molecular weight is 542 g/mol. The van der Waals surface area contributed by atoms with E-state index in [0.717, 1.165) is 16.8 Å². The molecule has 204 valence electrons. The molecule has 0 aromatic heterocycles. The van der Waals surface area contributed by atoms with E-state index in [9.17, 15) is 14.4 Å². The zero-order valence-corrected chi connectivity index (χ0v) is 22.8. The normalized spacial score (nSPS) is 21.7. The quantitative estimate of drug-likeness (QED) is 0.421. The number of hydrazone groups is 1. The van der Waals surface area contributed by atoms with Crippen LogP contribution in [-0.2, 0) is 32.1 Å². The van der Waals surface area contributed by atoms with E-state index >= 15 is 0 Å². The second-order valence-electron chi connectivity index (χ2n) is 10.4. The van der Waals surface area contributed by atoms with Crippen LogP contribution >= 0.6 is 12.4 Å². The summed E-state index contributed by atoms with van der Waals surface area (Å²) in [6, 6.07) is 17.7. The van der Waals surface area contributed by atoms with Gasteiger partial charge in [-0.05, 0) is 37.8 Å². The van der Waals surface area contributed by atoms with Gasteiger partial charge in [0.1, 0.15) is 6.04 Å². The summed E-state index contributed by atoms with van der Waals surface area (Å²) in [6.07, 6.45) is 0.679. The third kappa shape index (κ3) is 6.47. The van der Waals surface area contributed by atoms with Crippen LogP contribution < -0.4 is 16.4 Å². The van der Waals surface area contributed by atoms with E-state index in [-0.39, 0.29) is 37.1 Å². The number of halogens is 1. The van der Waals surface area contributed by atoms with Gasteiger partial charge in [0.05, 0.1) is 35.9 Å². The predicted molar refractivity (Wildman–Crippen MR) is 148 cm³/mol. The first kappa shape index (κ1) is 29.4. The van der Waals surface area contributed by atoms with Crippen molar-refractivity contribution in [1.82, 2.24) is 15.6 Å². The summed E-state index contributed by atoms with van der Waals surface area (Å²) in [6.45, 7) is 3.74. The molecule has 0 aliphatic carbocycles. The summed E-state index contributed by atoms with van der Waals surface area (Å²) < 4.78 is 5.85. The zero-order chi connectivity index (χ0) is 26.6. The van der Waals surface area contributed by atoms with E-state index in [1.807, 2.05) is 60.7 Å². The van der Waals surface area contributed by atoms with Gasteiger partial charge < -0.3 is 21.1 Å². The molecule has 3 atom stereocenters. The fourth-order valence-corrected chi connectivity index (χ4v) is 4.85. The minimum atomic E-state index is -1.17. The second-order valence-corrected chi connectivity index (χ2v) is 10.4. The molecule has 10 heteroatoms. The topological polar surface area (TPSA) is 126 Å². The number of nitrogens with zero attached hydrogens (tertiary/aromatic N) is 2. The molecule has 9 nitrogen and oxygen atoms in total. The maximum Gasteiger partial charge on any atom is 0.254 e. The molecule has 2 aromatic rings. The Labute approximate surface area is 229 Å². The molecule has 0 radical (unpaired) electrons. The lowest BCUT2D eigenvalue weighted by molar-refractivity contribution is -0.137. The number of rotatable bonds is 10. The van der Waals surface area contributed by atoms with Crippen LogP contribution in [0.5, 0.6) is 0 Å². The fourth-order valence-electron chi connectivity index (χ4n) is 4.85. The van der Waals surface area contributed by atoms with Crippen molar-refractivity contribution in [1.29, 1.82) is 0 Å². The Hall–Kier alpha value is -3.11. The Morgan fingerprint density at radius 1 is 1.16 bits per heavy atom. The highest BCUT2D eigenvalue weighted by Crippen LogP contribution is 2.39. The molecular formula is C28H36ClN5O4. The van der Waals surface area contributed by atoms with Crippen molar-refractivity contribution in [3.8, 4) is 0 Å². The Morgan fingerprint density at radius 2 is 1.76 bits per heavy atom. The fraction of sp³-hybridized carbons (Fsp3) is 0.429. The molecule has 0 spiro atoms. The number of carbonyl (C=O) groups is 3. The van der Waals surface area contributed by atoms with Crippen molar-refractivity contribution in [2.24, 2.45) is 16.3 Å². The number of ketones is 1. The van der Waals surface area contributed by atoms with Crippen molar-refractivity contribution in [2.45, 2.75) is 50.9 Å². The molecule has 0 saturated carbocycles. The smallest absolute Gasteiger partial charge is 0.254 e. The molecule has 0 bridgehead atoms. The minimum Gasteiger partial charge on any atom is -0.374 e. The van der Waals surface area contributed by atoms with Gasteiger partial charge in [-0.2, -0.15) is 5.10 Å². The highest BCUT2D eigenvalue weighted by Gasteiger charge is 2.54. The molecule has 2 heterocycles. The average Bonchev–Trinajstić information content (AvgIpc) is 3.12. The number of fused-ring (bicyclic) bond motifs is 1. The van der Waals surface area contributed by atoms with E-state index < -0.39 is 28.9 Å². The number of hydrogen-bond acceptors (Lipinski definition) is 7. The maximum absolute atomic E-state index is 13.8. The number of nitrogens with two attached hydrogens (primary N) is 1. The van der Waals surface area contributed by atoms with E-state index in [1.165, 1.54) is 5.01 Å². The van der Waals surface area contributed by atoms with Crippen molar-refractivity contribution < 1.29 is 19.1 Å². The Kier molecular flexibility index (Phi) is 9.43. The first-order valence-electron chi connectivity index (χ1n) is 12.5. The molecular weight excluding hydrogens is 506 g/mol. The summed E-state index contributed by atoms with van der Waals surface area (Å²) in [4.78, 5) is 39.9. The maximum atomic E-state index is 13.8. The molecule has 38 heavy (non-hydrogen) atoms. The highest BCUT2D eigenvalue weighted by molar-refractivity contribution is 6.14. The number of hydrogen-bond donors (Lipinski definition) is 3. The lowest BCUT2D eigenvalue weighted by Gasteiger charge is -2.38. The van der Waals surface area contributed by atoms with Gasteiger partial charge >= 0.3 is 0 Å². The van der Waals surface area contributed by atoms with Gasteiger partial charge in [0, 0.05) is 13.6 Å². The molecule has 4 rings (SSSR count). The second kappa shape index (κ2) is 12.2. The van der Waals surface area contributed by atoms with E-state index in [1.54, 1.807) is 20.9 Å². The van der Waals surface area contributed by atoms with Crippen LogP contribution in [0.4, 0.5) is 0 Å². The molecule has 4 N–H and O–H groups in total. The summed E-state index contributed by atoms with van der Waals surface area (Å²) in [5, 5.41) is 11.9. The zero-order valence-electron chi connectivity index (χ0n) is 22.0. The minimum absolute atomic E-state index is 0. The molecule has 2 aromatic carbocycles. The summed E-state index contributed by atoms with van der Waals surface area (Å²) in [7, 11) is 1.64. The van der Waals surface area contributed by atoms with Gasteiger partial charge in [-0.25, -0.2) is 5.01 Å². The number of amides is 2. The molecule has 1 unspecified atom stereocenters. The largest absolute Gasteiger partial charge is 0.374 e. The number of ether oxygens (including phenoxy) is 1. The van der Waals surface area contributed by atoms with Crippen molar-refractivity contribution in [3.05, 3.63) is 71.8 Å². The summed E-state index contributed by atoms with van der Waals surface area (Å²) >= 11 is 0. The van der Waals surface area contributed by atoms with Gasteiger partial charge in [-0.1, -0.05) is 60.7 Å². The highest BCUT2D eigenvalue weighted by atomic mass is 35.5. The first-order chi connectivity index (χ1) is 17.6. The van der Waals surface area contributed by atoms with Crippen molar-refractivity contribution in [2.75, 3.05) is 20.2 Å². The van der Waals surface area contributed by atoms with E-state index in [4.69, 9.17) is 10.5 Å². The first-order valence-corrected chi connectivity index (χ1v) is 12.5. The Morgan fingerprint density at radius 3 is 2.37 bits per heavy atom. The SMILES string of the molecule is CN1N=C2CNC(C(=O)[C@@H](COCc3ccccc3)NC(=O)C(C)(C)N)C[C@@]2(Cc2ccccc2)C1=O.Cl. The molecule has 1 saturated heterocycles. The number of nitrogens with one attached hydrogen (secondary N) is 2. The monoisotopic (exact) mass is 541 g/mol. The van der Waals surface area contributed by atoms with Crippen molar-refractivity contribution >= 4 is 35.7 Å². The Balaban J connectivity index is 0.00000400. The molecule has 2 amide bonds. The van der Waals surface area contributed by atoms with Crippen LogP contribution in [0.2, 0.25) is 0 Å². The predicted octanol–water partition coefficient (Wildman–Crippen LogP) is 1.84. The lowest BCUT2D eigenvalue weighted by Crippen LogP contribution is -2.62. The van der Waals surface area contributed by atoms with Gasteiger partial charge in [0.15, 0.2) is 5.78 Å². The summed E-state index contributed by atoms with van der Waals surface area (Å²) in [5.74, 6) is -0.836. The number of piperidine rings is 1. The number of benzene rings is 2. The van der Waals surface area contributed by atoms with Crippen LogP contribution in [-0.4, -0.2) is 66.1 Å². The van der Waals surface area contributed by atoms with Crippen LogP contribution in [0.25, 0.3) is 0 Å². The number of Topliss-reactive ketones (excluding diaryl/α,β-unsaturated/α-hetero) is 1. The van der Waals surface area contributed by atoms with Crippen LogP contribution in [0.3, 0.4) is 0 Å². The van der Waals surface area contributed by atoms with Crippen molar-refractivity contribution in [3.63, 3.8) is 0 Å². The van der Waals surface area contributed by atoms with Gasteiger partial charge in [0.2, 0.25) is 5.91 Å². The van der Waals surface area contributed by atoms with Crippen LogP contribution in [0.1, 0.15) is 31.4 Å². The van der Waals surface area contributed by atoms with Crippen LogP contribution in [0, 0.1) is 5.41 Å². The van der Waals surface area contributed by atoms with Gasteiger partial charge in [0.25, 0.3) is 5.91 Å².